The summed E-state index contributed by atoms with van der Waals surface area (Å²) in [6.45, 7) is 19.2. The highest BCUT2D eigenvalue weighted by Gasteiger charge is 2.24. The Kier molecular flexibility index (Phi) is 7.13. The Morgan fingerprint density at radius 1 is 0.588 bits per heavy atom. The van der Waals surface area contributed by atoms with Crippen molar-refractivity contribution in [1.29, 1.82) is 0 Å². The summed E-state index contributed by atoms with van der Waals surface area (Å²) in [6, 6.07) is 23.2. The lowest BCUT2D eigenvalue weighted by atomic mass is 9.86. The average Bonchev–Trinajstić information content (AvgIpc) is 2.72. The maximum Gasteiger partial charge on any atom is 0.0828 e. The molecule has 4 heteroatoms. The zero-order valence-corrected chi connectivity index (χ0v) is 22.8. The minimum absolute atomic E-state index is 0.0835. The van der Waals surface area contributed by atoms with Crippen molar-refractivity contribution in [2.75, 3.05) is 9.96 Å². The first kappa shape index (κ1) is 26.1. The van der Waals surface area contributed by atoms with Gasteiger partial charge >= 0.3 is 0 Å². The highest BCUT2D eigenvalue weighted by atomic mass is 35.5. The molecule has 0 aliphatic rings. The minimum Gasteiger partial charge on any atom is -0.310 e. The molecule has 0 radical (unpaired) electrons. The van der Waals surface area contributed by atoms with Gasteiger partial charge in [-0.1, -0.05) is 77.4 Å². The third kappa shape index (κ3) is 5.76. The molecule has 0 saturated heterocycles. The van der Waals surface area contributed by atoms with Gasteiger partial charge in [-0.15, -0.1) is 0 Å². The molecule has 0 aliphatic carbocycles. The van der Waals surface area contributed by atoms with Crippen LogP contribution in [-0.2, 0) is 10.8 Å². The fourth-order valence-corrected chi connectivity index (χ4v) is 4.09. The Bertz CT molecular complexity index is 1060. The maximum absolute atomic E-state index is 10.7. The van der Waals surface area contributed by atoms with Crippen LogP contribution in [0.3, 0.4) is 0 Å². The third-order valence-electron chi connectivity index (χ3n) is 6.04. The molecule has 0 unspecified atom stereocenters. The SMILES string of the molecule is CC(C)(C)c1ccc(N(c2ccc(C(C)(C)C)cc2)c2ccc(N(O)C(C)(C)C)c(Cl)c2)cc1. The van der Waals surface area contributed by atoms with Gasteiger partial charge in [0, 0.05) is 17.1 Å². The van der Waals surface area contributed by atoms with E-state index in [1.165, 1.54) is 16.2 Å². The van der Waals surface area contributed by atoms with Crippen LogP contribution in [0.25, 0.3) is 0 Å². The summed E-state index contributed by atoms with van der Waals surface area (Å²) < 4.78 is 0. The van der Waals surface area contributed by atoms with Gasteiger partial charge in [0.05, 0.1) is 16.2 Å². The van der Waals surface area contributed by atoms with Crippen LogP contribution in [0.4, 0.5) is 22.7 Å². The van der Waals surface area contributed by atoms with E-state index in [0.29, 0.717) is 10.7 Å². The molecule has 0 bridgehead atoms. The summed E-state index contributed by atoms with van der Waals surface area (Å²) in [5.74, 6) is 0. The molecule has 182 valence electrons. The van der Waals surface area contributed by atoms with Gasteiger partial charge < -0.3 is 4.90 Å². The number of hydrogen-bond donors (Lipinski definition) is 1. The highest BCUT2D eigenvalue weighted by Crippen LogP contribution is 2.40. The minimum atomic E-state index is -0.462. The quantitative estimate of drug-likeness (QED) is 0.378. The van der Waals surface area contributed by atoms with Gasteiger partial charge in [0.15, 0.2) is 0 Å². The molecule has 0 atom stereocenters. The van der Waals surface area contributed by atoms with Gasteiger partial charge in [-0.25, -0.2) is 0 Å². The van der Waals surface area contributed by atoms with Gasteiger partial charge in [-0.3, -0.25) is 10.3 Å². The zero-order valence-electron chi connectivity index (χ0n) is 22.1. The first-order chi connectivity index (χ1) is 15.6. The monoisotopic (exact) mass is 478 g/mol. The molecule has 34 heavy (non-hydrogen) atoms. The fourth-order valence-electron chi connectivity index (χ4n) is 3.84. The van der Waals surface area contributed by atoms with E-state index < -0.39 is 5.54 Å². The van der Waals surface area contributed by atoms with Gasteiger partial charge in [0.1, 0.15) is 0 Å². The molecular formula is C30H39ClN2O. The van der Waals surface area contributed by atoms with E-state index in [9.17, 15) is 5.21 Å². The number of halogens is 1. The molecule has 0 fully saturated rings. The first-order valence-electron chi connectivity index (χ1n) is 11.9. The fraction of sp³-hybridized carbons (Fsp3) is 0.400. The Hall–Kier alpha value is -2.49. The van der Waals surface area contributed by atoms with Crippen LogP contribution in [0.1, 0.15) is 73.4 Å². The second kappa shape index (κ2) is 9.28. The third-order valence-corrected chi connectivity index (χ3v) is 6.34. The van der Waals surface area contributed by atoms with E-state index >= 15 is 0 Å². The molecule has 3 rings (SSSR count). The van der Waals surface area contributed by atoms with E-state index in [2.05, 4.69) is 95.0 Å². The van der Waals surface area contributed by atoms with Crippen LogP contribution in [-0.4, -0.2) is 10.7 Å². The lowest BCUT2D eigenvalue weighted by Gasteiger charge is -2.33. The lowest BCUT2D eigenvalue weighted by Crippen LogP contribution is -2.38. The Balaban J connectivity index is 2.11. The predicted molar refractivity (Wildman–Crippen MR) is 148 cm³/mol. The predicted octanol–water partition coefficient (Wildman–Crippen LogP) is 9.40. The van der Waals surface area contributed by atoms with Crippen molar-refractivity contribution in [3.63, 3.8) is 0 Å². The second-order valence-electron chi connectivity index (χ2n) is 12.0. The highest BCUT2D eigenvalue weighted by molar-refractivity contribution is 6.33. The van der Waals surface area contributed by atoms with Crippen molar-refractivity contribution in [1.82, 2.24) is 0 Å². The second-order valence-corrected chi connectivity index (χ2v) is 12.5. The zero-order chi connectivity index (χ0) is 25.5. The molecule has 0 spiro atoms. The molecule has 3 nitrogen and oxygen atoms in total. The van der Waals surface area contributed by atoms with Crippen LogP contribution in [0, 0.1) is 0 Å². The van der Waals surface area contributed by atoms with Crippen LogP contribution in [0.2, 0.25) is 5.02 Å². The van der Waals surface area contributed by atoms with Crippen molar-refractivity contribution in [2.45, 2.75) is 78.7 Å². The van der Waals surface area contributed by atoms with Crippen molar-refractivity contribution in [3.8, 4) is 0 Å². The van der Waals surface area contributed by atoms with Gasteiger partial charge in [0.2, 0.25) is 0 Å². The summed E-state index contributed by atoms with van der Waals surface area (Å²) in [5, 5.41) is 12.4. The van der Waals surface area contributed by atoms with E-state index in [0.717, 1.165) is 17.1 Å². The lowest BCUT2D eigenvalue weighted by molar-refractivity contribution is 0.181. The summed E-state index contributed by atoms with van der Waals surface area (Å²) in [6.07, 6.45) is 0. The Labute approximate surface area is 210 Å². The summed E-state index contributed by atoms with van der Waals surface area (Å²) in [5.41, 5.74) is 5.90. The van der Waals surface area contributed by atoms with Gasteiger partial charge in [0.25, 0.3) is 0 Å². The number of rotatable bonds is 4. The Morgan fingerprint density at radius 3 is 1.29 bits per heavy atom. The van der Waals surface area contributed by atoms with Crippen LogP contribution in [0.5, 0.6) is 0 Å². The topological polar surface area (TPSA) is 26.7 Å². The molecule has 0 aromatic heterocycles. The number of anilines is 4. The molecule has 1 N–H and O–H groups in total. The number of nitrogens with zero attached hydrogens (tertiary/aromatic N) is 2. The standard InChI is InChI=1S/C30H39ClN2O/c1-28(2,3)21-10-14-23(15-11-21)32(24-16-12-22(13-17-24)29(4,5)6)25-18-19-27(26(31)20-25)33(34)30(7,8)9/h10-20,34H,1-9H3. The van der Waals surface area contributed by atoms with E-state index in [1.807, 2.05) is 39.0 Å². The summed E-state index contributed by atoms with van der Waals surface area (Å²) >= 11 is 6.69. The molecule has 0 amide bonds. The molecule has 0 heterocycles. The van der Waals surface area contributed by atoms with E-state index in [4.69, 9.17) is 11.6 Å². The van der Waals surface area contributed by atoms with Gasteiger partial charge in [-0.2, -0.15) is 0 Å². The molecule has 0 aliphatic heterocycles. The molecule has 3 aromatic carbocycles. The number of hydrogen-bond acceptors (Lipinski definition) is 3. The van der Waals surface area contributed by atoms with Crippen LogP contribution in [0.15, 0.2) is 66.7 Å². The summed E-state index contributed by atoms with van der Waals surface area (Å²) in [7, 11) is 0. The molecule has 0 saturated carbocycles. The van der Waals surface area contributed by atoms with Gasteiger partial charge in [-0.05, 0) is 85.2 Å². The Morgan fingerprint density at radius 2 is 0.971 bits per heavy atom. The average molecular weight is 479 g/mol. The van der Waals surface area contributed by atoms with Crippen LogP contribution >= 0.6 is 11.6 Å². The molecular weight excluding hydrogens is 440 g/mol. The molecule has 3 aromatic rings. The maximum atomic E-state index is 10.7. The van der Waals surface area contributed by atoms with E-state index in [-0.39, 0.29) is 10.8 Å². The first-order valence-corrected chi connectivity index (χ1v) is 12.3. The van der Waals surface area contributed by atoms with Crippen molar-refractivity contribution in [3.05, 3.63) is 82.9 Å². The number of benzene rings is 3. The summed E-state index contributed by atoms with van der Waals surface area (Å²) in [4.78, 5) is 2.20. The smallest absolute Gasteiger partial charge is 0.0828 e. The van der Waals surface area contributed by atoms with Crippen molar-refractivity contribution < 1.29 is 5.21 Å². The van der Waals surface area contributed by atoms with Crippen molar-refractivity contribution in [2.24, 2.45) is 0 Å². The normalized spacial score (nSPS) is 12.6. The van der Waals surface area contributed by atoms with Crippen molar-refractivity contribution >= 4 is 34.4 Å². The van der Waals surface area contributed by atoms with Crippen LogP contribution < -0.4 is 9.96 Å². The largest absolute Gasteiger partial charge is 0.310 e. The number of hydroxylamine groups is 1. The van der Waals surface area contributed by atoms with E-state index in [1.54, 1.807) is 0 Å².